The fourth-order valence-electron chi connectivity index (χ4n) is 2.27. The summed E-state index contributed by atoms with van der Waals surface area (Å²) < 4.78 is 0. The molecule has 0 saturated carbocycles. The number of hydrogen-bond acceptors (Lipinski definition) is 3. The highest BCUT2D eigenvalue weighted by molar-refractivity contribution is 9.09. The maximum Gasteiger partial charge on any atom is 0.107 e. The van der Waals surface area contributed by atoms with Crippen LogP contribution >= 0.6 is 27.3 Å². The Morgan fingerprint density at radius 3 is 2.78 bits per heavy atom. The molecule has 102 valence electrons. The van der Waals surface area contributed by atoms with Crippen molar-refractivity contribution in [3.05, 3.63) is 16.1 Å². The topological polar surface area (TPSA) is 16.1 Å². The van der Waals surface area contributed by atoms with Crippen molar-refractivity contribution in [3.8, 4) is 0 Å². The van der Waals surface area contributed by atoms with Crippen LogP contribution in [0, 0.1) is 5.92 Å². The Morgan fingerprint density at radius 2 is 2.22 bits per heavy atom. The molecule has 0 radical (unpaired) electrons. The summed E-state index contributed by atoms with van der Waals surface area (Å²) >= 11 is 5.56. The van der Waals surface area contributed by atoms with Crippen LogP contribution in [0.5, 0.6) is 0 Å². The molecule has 0 aliphatic carbocycles. The van der Waals surface area contributed by atoms with Gasteiger partial charge in [-0.15, -0.1) is 11.3 Å². The molecule has 2 unspecified atom stereocenters. The van der Waals surface area contributed by atoms with Gasteiger partial charge in [0.05, 0.1) is 12.2 Å². The summed E-state index contributed by atoms with van der Waals surface area (Å²) in [7, 11) is 0. The normalized spacial score (nSPS) is 26.5. The van der Waals surface area contributed by atoms with E-state index in [9.17, 15) is 0 Å². The highest BCUT2D eigenvalue weighted by Gasteiger charge is 2.25. The summed E-state index contributed by atoms with van der Waals surface area (Å²) in [5.74, 6) is 0.737. The Labute approximate surface area is 123 Å². The van der Waals surface area contributed by atoms with Crippen molar-refractivity contribution in [2.45, 2.75) is 50.9 Å². The number of aromatic nitrogens is 1. The van der Waals surface area contributed by atoms with Gasteiger partial charge in [0.25, 0.3) is 0 Å². The average molecular weight is 331 g/mol. The van der Waals surface area contributed by atoms with Crippen LogP contribution in [0.2, 0.25) is 0 Å². The van der Waals surface area contributed by atoms with Gasteiger partial charge in [0.15, 0.2) is 0 Å². The smallest absolute Gasteiger partial charge is 0.107 e. The molecule has 0 spiro atoms. The largest absolute Gasteiger partial charge is 0.296 e. The quantitative estimate of drug-likeness (QED) is 0.760. The molecule has 4 heteroatoms. The first-order chi connectivity index (χ1) is 8.36. The highest BCUT2D eigenvalue weighted by atomic mass is 79.9. The molecular weight excluding hydrogens is 308 g/mol. The molecule has 0 aromatic carbocycles. The summed E-state index contributed by atoms with van der Waals surface area (Å²) in [6, 6.07) is 0. The van der Waals surface area contributed by atoms with Crippen LogP contribution in [0.15, 0.2) is 5.38 Å². The number of rotatable bonds is 2. The average Bonchev–Trinajstić information content (AvgIpc) is 2.72. The van der Waals surface area contributed by atoms with Gasteiger partial charge < -0.3 is 0 Å². The lowest BCUT2D eigenvalue weighted by Gasteiger charge is -2.33. The van der Waals surface area contributed by atoms with Gasteiger partial charge in [0.1, 0.15) is 5.01 Å². The van der Waals surface area contributed by atoms with E-state index in [1.165, 1.54) is 30.2 Å². The Kier molecular flexibility index (Phi) is 4.50. The van der Waals surface area contributed by atoms with Crippen molar-refractivity contribution in [1.29, 1.82) is 0 Å². The molecular formula is C14H23BrN2S. The number of halogens is 1. The minimum absolute atomic E-state index is 0.172. The SMILES string of the molecule is CC1CN(Cc2nc(C(C)(C)C)cs2)CCC1Br. The van der Waals surface area contributed by atoms with E-state index in [0.29, 0.717) is 4.83 Å². The second-order valence-corrected chi connectivity index (χ2v) is 8.51. The van der Waals surface area contributed by atoms with E-state index in [-0.39, 0.29) is 5.41 Å². The van der Waals surface area contributed by atoms with E-state index in [1.807, 2.05) is 11.3 Å². The van der Waals surface area contributed by atoms with Crippen LogP contribution in [0.1, 0.15) is 44.8 Å². The zero-order chi connectivity index (χ0) is 13.3. The number of hydrogen-bond donors (Lipinski definition) is 0. The first-order valence-corrected chi connectivity index (χ1v) is 8.47. The number of likely N-dealkylation sites (tertiary alicyclic amines) is 1. The van der Waals surface area contributed by atoms with Gasteiger partial charge in [-0.1, -0.05) is 43.6 Å². The van der Waals surface area contributed by atoms with E-state index >= 15 is 0 Å². The second kappa shape index (κ2) is 5.59. The minimum Gasteiger partial charge on any atom is -0.296 e. The van der Waals surface area contributed by atoms with Gasteiger partial charge in [-0.05, 0) is 18.9 Å². The molecule has 1 fully saturated rings. The molecule has 2 heterocycles. The van der Waals surface area contributed by atoms with Gasteiger partial charge in [-0.25, -0.2) is 4.98 Å². The van der Waals surface area contributed by atoms with Crippen molar-refractivity contribution in [2.24, 2.45) is 5.92 Å². The Bertz CT molecular complexity index is 397. The molecule has 0 amide bonds. The minimum atomic E-state index is 0.172. The number of nitrogens with zero attached hydrogens (tertiary/aromatic N) is 2. The van der Waals surface area contributed by atoms with Gasteiger partial charge in [-0.3, -0.25) is 4.90 Å². The second-order valence-electron chi connectivity index (χ2n) is 6.39. The first kappa shape index (κ1) is 14.5. The fraction of sp³-hybridized carbons (Fsp3) is 0.786. The lowest BCUT2D eigenvalue weighted by atomic mass is 9.93. The Hall–Kier alpha value is 0.0700. The molecule has 1 aliphatic heterocycles. The predicted molar refractivity (Wildman–Crippen MR) is 82.6 cm³/mol. The van der Waals surface area contributed by atoms with Gasteiger partial charge >= 0.3 is 0 Å². The monoisotopic (exact) mass is 330 g/mol. The first-order valence-electron chi connectivity index (χ1n) is 6.67. The van der Waals surface area contributed by atoms with Crippen molar-refractivity contribution in [3.63, 3.8) is 0 Å². The molecule has 1 aliphatic rings. The summed E-state index contributed by atoms with van der Waals surface area (Å²) in [5, 5.41) is 3.48. The molecule has 1 aromatic heterocycles. The number of piperidine rings is 1. The third-order valence-corrected chi connectivity index (χ3v) is 5.76. The van der Waals surface area contributed by atoms with Gasteiger partial charge in [0.2, 0.25) is 0 Å². The summed E-state index contributed by atoms with van der Waals surface area (Å²) in [4.78, 5) is 8.01. The molecule has 0 N–H and O–H groups in total. The zero-order valence-electron chi connectivity index (χ0n) is 11.7. The van der Waals surface area contributed by atoms with Crippen LogP contribution in [0.4, 0.5) is 0 Å². The van der Waals surface area contributed by atoms with E-state index < -0.39 is 0 Å². The Balaban J connectivity index is 1.96. The Morgan fingerprint density at radius 1 is 1.50 bits per heavy atom. The summed E-state index contributed by atoms with van der Waals surface area (Å²) in [6.45, 7) is 12.4. The third-order valence-electron chi connectivity index (χ3n) is 3.56. The van der Waals surface area contributed by atoms with Crippen molar-refractivity contribution >= 4 is 27.3 Å². The summed E-state index contributed by atoms with van der Waals surface area (Å²) in [5.41, 5.74) is 1.40. The van der Waals surface area contributed by atoms with E-state index in [0.717, 1.165) is 12.5 Å². The lowest BCUT2D eigenvalue weighted by molar-refractivity contribution is 0.183. The summed E-state index contributed by atoms with van der Waals surface area (Å²) in [6.07, 6.45) is 1.25. The van der Waals surface area contributed by atoms with Crippen LogP contribution in [-0.4, -0.2) is 27.8 Å². The molecule has 1 saturated heterocycles. The maximum absolute atomic E-state index is 4.78. The highest BCUT2D eigenvalue weighted by Crippen LogP contribution is 2.27. The standard InChI is InChI=1S/C14H23BrN2S/c1-10-7-17(6-5-11(10)15)8-13-16-12(9-18-13)14(2,3)4/h9-11H,5-8H2,1-4H3. The number of alkyl halides is 1. The van der Waals surface area contributed by atoms with E-state index in [2.05, 4.69) is 53.9 Å². The predicted octanol–water partition coefficient (Wildman–Crippen LogP) is 4.05. The zero-order valence-corrected chi connectivity index (χ0v) is 14.1. The molecule has 1 aromatic rings. The van der Waals surface area contributed by atoms with Crippen LogP contribution in [-0.2, 0) is 12.0 Å². The van der Waals surface area contributed by atoms with Gasteiger partial charge in [0, 0.05) is 22.2 Å². The molecule has 18 heavy (non-hydrogen) atoms. The molecule has 2 atom stereocenters. The molecule has 0 bridgehead atoms. The number of thiazole rings is 1. The van der Waals surface area contributed by atoms with Crippen LogP contribution in [0.25, 0.3) is 0 Å². The lowest BCUT2D eigenvalue weighted by Crippen LogP contribution is -2.39. The van der Waals surface area contributed by atoms with E-state index in [1.54, 1.807) is 0 Å². The third kappa shape index (κ3) is 3.55. The fourth-order valence-corrected chi connectivity index (χ4v) is 3.70. The molecule has 2 nitrogen and oxygen atoms in total. The van der Waals surface area contributed by atoms with Crippen LogP contribution < -0.4 is 0 Å². The van der Waals surface area contributed by atoms with Crippen molar-refractivity contribution in [1.82, 2.24) is 9.88 Å². The van der Waals surface area contributed by atoms with Crippen molar-refractivity contribution in [2.75, 3.05) is 13.1 Å². The van der Waals surface area contributed by atoms with Crippen LogP contribution in [0.3, 0.4) is 0 Å². The maximum atomic E-state index is 4.78. The van der Waals surface area contributed by atoms with Gasteiger partial charge in [-0.2, -0.15) is 0 Å². The molecule has 2 rings (SSSR count). The van der Waals surface area contributed by atoms with E-state index in [4.69, 9.17) is 4.98 Å². The van der Waals surface area contributed by atoms with Crippen molar-refractivity contribution < 1.29 is 0 Å².